The zero-order valence-electron chi connectivity index (χ0n) is 13.8. The smallest absolute Gasteiger partial charge is 0.267 e. The van der Waals surface area contributed by atoms with E-state index in [1.54, 1.807) is 7.11 Å². The summed E-state index contributed by atoms with van der Waals surface area (Å²) in [7, 11) is 1.61. The number of rotatable bonds is 4. The van der Waals surface area contributed by atoms with Gasteiger partial charge in [-0.25, -0.2) is 0 Å². The minimum atomic E-state index is -0.177. The predicted molar refractivity (Wildman–Crippen MR) is 102 cm³/mol. The third-order valence-electron chi connectivity index (χ3n) is 4.02. The first-order valence-corrected chi connectivity index (χ1v) is 8.90. The number of halogens is 1. The van der Waals surface area contributed by atoms with E-state index >= 15 is 0 Å². The first-order chi connectivity index (χ1) is 11.5. The number of benzene rings is 2. The van der Waals surface area contributed by atoms with Crippen LogP contribution in [0.2, 0.25) is 5.02 Å². The van der Waals surface area contributed by atoms with Gasteiger partial charge in [-0.3, -0.25) is 4.79 Å². The highest BCUT2D eigenvalue weighted by Crippen LogP contribution is 2.38. The molecule has 3 aromatic rings. The van der Waals surface area contributed by atoms with E-state index in [4.69, 9.17) is 16.3 Å². The number of carbonyl (C=O) groups is 1. The highest BCUT2D eigenvalue weighted by molar-refractivity contribution is 7.21. The van der Waals surface area contributed by atoms with Crippen LogP contribution >= 0.6 is 22.9 Å². The fraction of sp³-hybridized carbons (Fsp3) is 0.211. The number of amides is 1. The lowest BCUT2D eigenvalue weighted by Crippen LogP contribution is -2.13. The van der Waals surface area contributed by atoms with Crippen molar-refractivity contribution in [2.75, 3.05) is 12.4 Å². The molecule has 2 aromatic carbocycles. The summed E-state index contributed by atoms with van der Waals surface area (Å²) in [5.74, 6) is 0.547. The summed E-state index contributed by atoms with van der Waals surface area (Å²) in [6.45, 7) is 4.06. The second-order valence-corrected chi connectivity index (χ2v) is 6.95. The molecular formula is C19H18ClNO2S. The van der Waals surface area contributed by atoms with Crippen LogP contribution in [-0.2, 0) is 6.42 Å². The van der Waals surface area contributed by atoms with Crippen LogP contribution in [0.5, 0.6) is 5.75 Å². The lowest BCUT2D eigenvalue weighted by atomic mass is 10.1. The first-order valence-electron chi connectivity index (χ1n) is 7.71. The Labute approximate surface area is 150 Å². The summed E-state index contributed by atoms with van der Waals surface area (Å²) in [6, 6.07) is 11.7. The second kappa shape index (κ2) is 6.83. The zero-order chi connectivity index (χ0) is 17.3. The molecule has 0 fully saturated rings. The quantitative estimate of drug-likeness (QED) is 0.650. The molecule has 0 bridgehead atoms. The maximum atomic E-state index is 12.8. The average molecular weight is 360 g/mol. The summed E-state index contributed by atoms with van der Waals surface area (Å²) < 4.78 is 6.20. The van der Waals surface area contributed by atoms with Crippen LogP contribution in [0.3, 0.4) is 0 Å². The van der Waals surface area contributed by atoms with E-state index in [2.05, 4.69) is 12.2 Å². The Balaban J connectivity index is 1.99. The van der Waals surface area contributed by atoms with Gasteiger partial charge in [0.15, 0.2) is 0 Å². The molecule has 0 saturated heterocycles. The van der Waals surface area contributed by atoms with Gasteiger partial charge in [-0.2, -0.15) is 0 Å². The molecule has 0 aliphatic carbocycles. The van der Waals surface area contributed by atoms with Crippen molar-refractivity contribution in [2.24, 2.45) is 0 Å². The lowest BCUT2D eigenvalue weighted by Gasteiger charge is -2.12. The van der Waals surface area contributed by atoms with Gasteiger partial charge in [0.2, 0.25) is 0 Å². The molecule has 0 aliphatic heterocycles. The number of aryl methyl sites for hydroxylation is 2. The number of thiophene rings is 1. The van der Waals surface area contributed by atoms with Crippen LogP contribution in [-0.4, -0.2) is 13.0 Å². The van der Waals surface area contributed by atoms with Crippen LogP contribution in [0.4, 0.5) is 5.69 Å². The number of nitrogens with one attached hydrogen (secondary N) is 1. The SMILES string of the molecule is CCc1cccc(C)c1NC(=O)c1sc2ccc(OC)cc2c1Cl. The normalized spacial score (nSPS) is 10.8. The third kappa shape index (κ3) is 2.99. The topological polar surface area (TPSA) is 38.3 Å². The number of ether oxygens (including phenoxy) is 1. The van der Waals surface area contributed by atoms with E-state index in [-0.39, 0.29) is 5.91 Å². The molecule has 1 heterocycles. The Morgan fingerprint density at radius 2 is 2.08 bits per heavy atom. The minimum absolute atomic E-state index is 0.177. The first kappa shape index (κ1) is 16.8. The van der Waals surface area contributed by atoms with Crippen molar-refractivity contribution >= 4 is 44.6 Å². The summed E-state index contributed by atoms with van der Waals surface area (Å²) in [6.07, 6.45) is 0.856. The van der Waals surface area contributed by atoms with Crippen LogP contribution in [0, 0.1) is 6.92 Å². The van der Waals surface area contributed by atoms with Crippen LogP contribution in [0.25, 0.3) is 10.1 Å². The van der Waals surface area contributed by atoms with E-state index in [1.807, 2.05) is 43.3 Å². The van der Waals surface area contributed by atoms with Gasteiger partial charge in [0.25, 0.3) is 5.91 Å². The van der Waals surface area contributed by atoms with Crippen molar-refractivity contribution in [1.82, 2.24) is 0 Å². The molecule has 0 radical (unpaired) electrons. The molecule has 5 heteroatoms. The molecule has 1 amide bonds. The lowest BCUT2D eigenvalue weighted by molar-refractivity contribution is 0.103. The van der Waals surface area contributed by atoms with Gasteiger partial charge < -0.3 is 10.1 Å². The van der Waals surface area contributed by atoms with E-state index in [0.717, 1.165) is 39.1 Å². The second-order valence-electron chi connectivity index (χ2n) is 5.52. The summed E-state index contributed by atoms with van der Waals surface area (Å²) in [5.41, 5.74) is 3.03. The molecule has 1 aromatic heterocycles. The molecule has 0 spiro atoms. The predicted octanol–water partition coefficient (Wildman–Crippen LogP) is 5.69. The van der Waals surface area contributed by atoms with Gasteiger partial charge in [0.05, 0.1) is 12.1 Å². The molecule has 0 aliphatic rings. The van der Waals surface area contributed by atoms with Crippen molar-refractivity contribution in [3.05, 3.63) is 57.4 Å². The fourth-order valence-electron chi connectivity index (χ4n) is 2.69. The Bertz CT molecular complexity index is 917. The molecule has 1 N–H and O–H groups in total. The summed E-state index contributed by atoms with van der Waals surface area (Å²) in [5, 5.41) is 4.34. The summed E-state index contributed by atoms with van der Waals surface area (Å²) in [4.78, 5) is 13.3. The fourth-order valence-corrected chi connectivity index (χ4v) is 4.08. The molecule has 124 valence electrons. The molecular weight excluding hydrogens is 342 g/mol. The Kier molecular flexibility index (Phi) is 4.78. The summed E-state index contributed by atoms with van der Waals surface area (Å²) >= 11 is 7.84. The largest absolute Gasteiger partial charge is 0.497 e. The molecule has 3 nitrogen and oxygen atoms in total. The Hall–Kier alpha value is -2.04. The number of carbonyl (C=O) groups excluding carboxylic acids is 1. The van der Waals surface area contributed by atoms with Crippen molar-refractivity contribution in [1.29, 1.82) is 0 Å². The van der Waals surface area contributed by atoms with Gasteiger partial charge in [-0.05, 0) is 42.7 Å². The number of anilines is 1. The maximum absolute atomic E-state index is 12.8. The van der Waals surface area contributed by atoms with Gasteiger partial charge >= 0.3 is 0 Å². The van der Waals surface area contributed by atoms with Gasteiger partial charge in [-0.15, -0.1) is 11.3 Å². The monoisotopic (exact) mass is 359 g/mol. The van der Waals surface area contributed by atoms with Crippen LogP contribution in [0.1, 0.15) is 27.7 Å². The van der Waals surface area contributed by atoms with E-state index in [1.165, 1.54) is 11.3 Å². The average Bonchev–Trinajstić information content (AvgIpc) is 2.93. The molecule has 0 unspecified atom stereocenters. The maximum Gasteiger partial charge on any atom is 0.267 e. The van der Waals surface area contributed by atoms with Gasteiger partial charge in [-0.1, -0.05) is 36.7 Å². The Morgan fingerprint density at radius 1 is 1.29 bits per heavy atom. The molecule has 3 rings (SSSR count). The minimum Gasteiger partial charge on any atom is -0.497 e. The van der Waals surface area contributed by atoms with Crippen molar-refractivity contribution in [2.45, 2.75) is 20.3 Å². The standard InChI is InChI=1S/C19H18ClNO2S/c1-4-12-7-5-6-11(2)17(12)21-19(22)18-16(20)14-10-13(23-3)8-9-15(14)24-18/h5-10H,4H2,1-3H3,(H,21,22). The number of hydrogen-bond donors (Lipinski definition) is 1. The molecule has 0 saturated carbocycles. The molecule has 24 heavy (non-hydrogen) atoms. The van der Waals surface area contributed by atoms with E-state index in [0.29, 0.717) is 9.90 Å². The van der Waals surface area contributed by atoms with Crippen LogP contribution in [0.15, 0.2) is 36.4 Å². The van der Waals surface area contributed by atoms with Crippen molar-refractivity contribution < 1.29 is 9.53 Å². The number of para-hydroxylation sites is 1. The number of fused-ring (bicyclic) bond motifs is 1. The highest BCUT2D eigenvalue weighted by Gasteiger charge is 2.19. The van der Waals surface area contributed by atoms with Gasteiger partial charge in [0.1, 0.15) is 10.6 Å². The van der Waals surface area contributed by atoms with Crippen molar-refractivity contribution in [3.8, 4) is 5.75 Å². The van der Waals surface area contributed by atoms with Crippen LogP contribution < -0.4 is 10.1 Å². The van der Waals surface area contributed by atoms with E-state index in [9.17, 15) is 4.79 Å². The number of methoxy groups -OCH3 is 1. The highest BCUT2D eigenvalue weighted by atomic mass is 35.5. The molecule has 0 atom stereocenters. The third-order valence-corrected chi connectivity index (χ3v) is 5.69. The van der Waals surface area contributed by atoms with Crippen molar-refractivity contribution in [3.63, 3.8) is 0 Å². The number of hydrogen-bond acceptors (Lipinski definition) is 3. The van der Waals surface area contributed by atoms with Gasteiger partial charge in [0, 0.05) is 15.8 Å². The van der Waals surface area contributed by atoms with E-state index < -0.39 is 0 Å². The zero-order valence-corrected chi connectivity index (χ0v) is 15.3. The Morgan fingerprint density at radius 3 is 2.79 bits per heavy atom.